The van der Waals surface area contributed by atoms with Gasteiger partial charge in [0, 0.05) is 25.5 Å². The summed E-state index contributed by atoms with van der Waals surface area (Å²) in [6.07, 6.45) is 6.99. The largest absolute Gasteiger partial charge is 0.348 e. The van der Waals surface area contributed by atoms with Gasteiger partial charge in [-0.3, -0.25) is 14.6 Å². The van der Waals surface area contributed by atoms with E-state index in [0.29, 0.717) is 30.0 Å². The number of hydrogen-bond donors (Lipinski definition) is 1. The first-order valence-corrected chi connectivity index (χ1v) is 10.9. The van der Waals surface area contributed by atoms with E-state index in [-0.39, 0.29) is 35.9 Å². The summed E-state index contributed by atoms with van der Waals surface area (Å²) in [6.45, 7) is 4.34. The maximum Gasteiger partial charge on any atom is 0.274 e. The van der Waals surface area contributed by atoms with E-state index in [1.165, 1.54) is 24.5 Å². The Morgan fingerprint density at radius 1 is 1.06 bits per heavy atom. The highest BCUT2D eigenvalue weighted by molar-refractivity contribution is 5.96. The van der Waals surface area contributed by atoms with E-state index in [0.717, 1.165) is 24.1 Å². The van der Waals surface area contributed by atoms with Crippen LogP contribution in [0.1, 0.15) is 68.9 Å². The number of halogens is 1. The van der Waals surface area contributed by atoms with Crippen molar-refractivity contribution in [1.29, 1.82) is 0 Å². The van der Waals surface area contributed by atoms with Gasteiger partial charge in [-0.2, -0.15) is 0 Å². The van der Waals surface area contributed by atoms with Crippen molar-refractivity contribution < 1.29 is 14.0 Å². The SMILES string of the molecule is Cc1cnc(C(=O)N2CCCCC2c2nc(C)ncc2C(=O)NCc2ccc(F)cc2)cn1. The van der Waals surface area contributed by atoms with Crippen LogP contribution < -0.4 is 5.32 Å². The van der Waals surface area contributed by atoms with Crippen LogP contribution in [-0.2, 0) is 6.54 Å². The van der Waals surface area contributed by atoms with Gasteiger partial charge in [-0.25, -0.2) is 19.3 Å². The lowest BCUT2D eigenvalue weighted by atomic mass is 9.95. The number of nitrogens with one attached hydrogen (secondary N) is 1. The van der Waals surface area contributed by atoms with Crippen molar-refractivity contribution in [2.45, 2.75) is 45.7 Å². The lowest BCUT2D eigenvalue weighted by Gasteiger charge is -2.35. The third-order valence-corrected chi connectivity index (χ3v) is 5.63. The molecule has 3 aromatic rings. The molecule has 1 aromatic carbocycles. The van der Waals surface area contributed by atoms with Gasteiger partial charge in [-0.05, 0) is 50.8 Å². The molecule has 9 heteroatoms. The van der Waals surface area contributed by atoms with Crippen molar-refractivity contribution in [1.82, 2.24) is 30.2 Å². The van der Waals surface area contributed by atoms with Crippen LogP contribution in [0.2, 0.25) is 0 Å². The van der Waals surface area contributed by atoms with Crippen LogP contribution in [-0.4, -0.2) is 43.2 Å². The Hall–Kier alpha value is -3.75. The molecule has 0 bridgehead atoms. The van der Waals surface area contributed by atoms with Crippen molar-refractivity contribution in [3.8, 4) is 0 Å². The first-order valence-electron chi connectivity index (χ1n) is 10.9. The third-order valence-electron chi connectivity index (χ3n) is 5.63. The smallest absolute Gasteiger partial charge is 0.274 e. The topological polar surface area (TPSA) is 101 Å². The lowest BCUT2D eigenvalue weighted by molar-refractivity contribution is 0.0595. The quantitative estimate of drug-likeness (QED) is 0.643. The molecule has 0 saturated carbocycles. The van der Waals surface area contributed by atoms with Gasteiger partial charge in [0.15, 0.2) is 0 Å². The number of carbonyl (C=O) groups is 2. The monoisotopic (exact) mass is 448 g/mol. The zero-order valence-electron chi connectivity index (χ0n) is 18.6. The van der Waals surface area contributed by atoms with Crippen molar-refractivity contribution in [2.75, 3.05) is 6.54 Å². The summed E-state index contributed by atoms with van der Waals surface area (Å²) in [5.74, 6) is -0.392. The van der Waals surface area contributed by atoms with Crippen LogP contribution in [0.25, 0.3) is 0 Å². The Morgan fingerprint density at radius 2 is 1.85 bits per heavy atom. The molecule has 0 spiro atoms. The number of carbonyl (C=O) groups excluding carboxylic acids is 2. The van der Waals surface area contributed by atoms with Gasteiger partial charge in [0.2, 0.25) is 0 Å². The molecule has 0 aliphatic carbocycles. The Labute approximate surface area is 191 Å². The summed E-state index contributed by atoms with van der Waals surface area (Å²) < 4.78 is 13.1. The first kappa shape index (κ1) is 22.4. The molecule has 1 aliphatic heterocycles. The molecule has 4 rings (SSSR count). The Morgan fingerprint density at radius 3 is 2.58 bits per heavy atom. The minimum Gasteiger partial charge on any atom is -0.348 e. The summed E-state index contributed by atoms with van der Waals surface area (Å²) in [7, 11) is 0. The van der Waals surface area contributed by atoms with E-state index >= 15 is 0 Å². The normalized spacial score (nSPS) is 15.8. The number of likely N-dealkylation sites (tertiary alicyclic amines) is 1. The molecular weight excluding hydrogens is 423 g/mol. The van der Waals surface area contributed by atoms with Crippen LogP contribution in [0.3, 0.4) is 0 Å². The highest BCUT2D eigenvalue weighted by Gasteiger charge is 2.33. The van der Waals surface area contributed by atoms with Crippen molar-refractivity contribution in [3.05, 3.63) is 82.7 Å². The lowest BCUT2D eigenvalue weighted by Crippen LogP contribution is -2.40. The van der Waals surface area contributed by atoms with Crippen molar-refractivity contribution in [3.63, 3.8) is 0 Å². The maximum absolute atomic E-state index is 13.2. The highest BCUT2D eigenvalue weighted by atomic mass is 19.1. The fraction of sp³-hybridized carbons (Fsp3) is 0.333. The van der Waals surface area contributed by atoms with Gasteiger partial charge >= 0.3 is 0 Å². The zero-order chi connectivity index (χ0) is 23.4. The summed E-state index contributed by atoms with van der Waals surface area (Å²) in [5.41, 5.74) is 2.61. The average molecular weight is 449 g/mol. The molecule has 170 valence electrons. The number of amides is 2. The van der Waals surface area contributed by atoms with Crippen LogP contribution in [0, 0.1) is 19.7 Å². The molecule has 2 aromatic heterocycles. The molecule has 8 nitrogen and oxygen atoms in total. The molecule has 3 heterocycles. The molecule has 0 radical (unpaired) electrons. The van der Waals surface area contributed by atoms with Gasteiger partial charge in [0.1, 0.15) is 17.3 Å². The molecule has 1 unspecified atom stereocenters. The second-order valence-electron chi connectivity index (χ2n) is 8.08. The zero-order valence-corrected chi connectivity index (χ0v) is 18.6. The number of nitrogens with zero attached hydrogens (tertiary/aromatic N) is 5. The third kappa shape index (κ3) is 5.19. The number of aryl methyl sites for hydroxylation is 2. The van der Waals surface area contributed by atoms with Gasteiger partial charge in [0.25, 0.3) is 11.8 Å². The molecule has 1 saturated heterocycles. The van der Waals surface area contributed by atoms with E-state index in [4.69, 9.17) is 0 Å². The molecule has 1 aliphatic rings. The minimum absolute atomic E-state index is 0.235. The van der Waals surface area contributed by atoms with Crippen LogP contribution >= 0.6 is 0 Å². The fourth-order valence-corrected chi connectivity index (χ4v) is 3.91. The number of rotatable bonds is 5. The minimum atomic E-state index is -0.373. The molecule has 33 heavy (non-hydrogen) atoms. The van der Waals surface area contributed by atoms with E-state index in [1.807, 2.05) is 6.92 Å². The number of hydrogen-bond acceptors (Lipinski definition) is 6. The molecule has 1 N–H and O–H groups in total. The van der Waals surface area contributed by atoms with E-state index in [1.54, 1.807) is 30.2 Å². The molecular formula is C24H25FN6O2. The average Bonchev–Trinajstić information content (AvgIpc) is 2.83. The summed E-state index contributed by atoms with van der Waals surface area (Å²) in [4.78, 5) is 45.2. The maximum atomic E-state index is 13.2. The first-order chi connectivity index (χ1) is 15.9. The van der Waals surface area contributed by atoms with E-state index in [2.05, 4.69) is 25.3 Å². The van der Waals surface area contributed by atoms with E-state index < -0.39 is 0 Å². The number of benzene rings is 1. The highest BCUT2D eigenvalue weighted by Crippen LogP contribution is 2.32. The van der Waals surface area contributed by atoms with Gasteiger partial charge in [0.05, 0.1) is 29.2 Å². The standard InChI is InChI=1S/C24H25FN6O2/c1-15-11-28-20(14-26-15)24(33)31-10-4-3-5-21(31)22-19(13-27-16(2)30-22)23(32)29-12-17-6-8-18(25)9-7-17/h6-9,11,13-14,21H,3-5,10,12H2,1-2H3,(H,29,32). The second kappa shape index (κ2) is 9.81. The second-order valence-corrected chi connectivity index (χ2v) is 8.08. The number of aromatic nitrogens is 4. The molecule has 2 amide bonds. The van der Waals surface area contributed by atoms with E-state index in [9.17, 15) is 14.0 Å². The molecule has 1 atom stereocenters. The number of piperidine rings is 1. The Bertz CT molecular complexity index is 1150. The van der Waals surface area contributed by atoms with Gasteiger partial charge < -0.3 is 10.2 Å². The van der Waals surface area contributed by atoms with Crippen LogP contribution in [0.15, 0.2) is 42.9 Å². The molecule has 1 fully saturated rings. The van der Waals surface area contributed by atoms with Gasteiger partial charge in [-0.1, -0.05) is 12.1 Å². The predicted molar refractivity (Wildman–Crippen MR) is 119 cm³/mol. The summed E-state index contributed by atoms with van der Waals surface area (Å²) >= 11 is 0. The summed E-state index contributed by atoms with van der Waals surface area (Å²) in [6, 6.07) is 5.56. The van der Waals surface area contributed by atoms with Crippen LogP contribution in [0.4, 0.5) is 4.39 Å². The summed E-state index contributed by atoms with van der Waals surface area (Å²) in [5, 5.41) is 2.85. The van der Waals surface area contributed by atoms with Crippen LogP contribution in [0.5, 0.6) is 0 Å². The Balaban J connectivity index is 1.60. The van der Waals surface area contributed by atoms with Crippen molar-refractivity contribution >= 4 is 11.8 Å². The van der Waals surface area contributed by atoms with Crippen molar-refractivity contribution in [2.24, 2.45) is 0 Å². The predicted octanol–water partition coefficient (Wildman–Crippen LogP) is 3.32. The van der Waals surface area contributed by atoms with Gasteiger partial charge in [-0.15, -0.1) is 0 Å². The Kier molecular flexibility index (Phi) is 6.67. The fourth-order valence-electron chi connectivity index (χ4n) is 3.91.